The first kappa shape index (κ1) is 14.3. The number of aryl methyl sites for hydroxylation is 1. The van der Waals surface area contributed by atoms with E-state index in [1.165, 1.54) is 0 Å². The van der Waals surface area contributed by atoms with Crippen LogP contribution in [0.3, 0.4) is 0 Å². The molecule has 0 saturated heterocycles. The Hall–Kier alpha value is -2.11. The van der Waals surface area contributed by atoms with Crippen LogP contribution in [0.25, 0.3) is 0 Å². The Morgan fingerprint density at radius 2 is 2.05 bits per heavy atom. The molecule has 6 heteroatoms. The highest BCUT2D eigenvalue weighted by Gasteiger charge is 2.20. The van der Waals surface area contributed by atoms with Crippen molar-refractivity contribution in [1.82, 2.24) is 24.6 Å². The molecule has 0 fully saturated rings. The highest BCUT2D eigenvalue weighted by molar-refractivity contribution is 5.80. The Morgan fingerprint density at radius 1 is 1.35 bits per heavy atom. The van der Waals surface area contributed by atoms with Crippen molar-refractivity contribution in [2.75, 3.05) is 0 Å². The van der Waals surface area contributed by atoms with Crippen LogP contribution < -0.4 is 5.32 Å². The minimum Gasteiger partial charge on any atom is -0.347 e. The summed E-state index contributed by atoms with van der Waals surface area (Å²) in [6.45, 7) is 4.59. The van der Waals surface area contributed by atoms with Gasteiger partial charge in [0.05, 0.1) is 6.54 Å². The zero-order valence-electron chi connectivity index (χ0n) is 12.2. The van der Waals surface area contributed by atoms with E-state index in [0.717, 1.165) is 6.42 Å². The highest BCUT2D eigenvalue weighted by Crippen LogP contribution is 2.18. The molecule has 1 atom stereocenters. The summed E-state index contributed by atoms with van der Waals surface area (Å²) in [6, 6.07) is 3.68. The van der Waals surface area contributed by atoms with Gasteiger partial charge in [-0.25, -0.2) is 4.98 Å². The second kappa shape index (κ2) is 6.36. The fraction of sp³-hybridized carbons (Fsp3) is 0.500. The quantitative estimate of drug-likeness (QED) is 0.869. The molecule has 0 aliphatic rings. The van der Waals surface area contributed by atoms with Gasteiger partial charge >= 0.3 is 0 Å². The van der Waals surface area contributed by atoms with Gasteiger partial charge in [0.15, 0.2) is 5.82 Å². The van der Waals surface area contributed by atoms with E-state index in [-0.39, 0.29) is 11.9 Å². The Morgan fingerprint density at radius 3 is 2.60 bits per heavy atom. The van der Waals surface area contributed by atoms with Crippen LogP contribution in [0.15, 0.2) is 30.9 Å². The molecule has 6 nitrogen and oxygen atoms in total. The third kappa shape index (κ3) is 3.69. The number of nitrogens with one attached hydrogen (secondary N) is 1. The lowest BCUT2D eigenvalue weighted by molar-refractivity contribution is -0.125. The van der Waals surface area contributed by atoms with Crippen LogP contribution in [-0.2, 0) is 18.4 Å². The lowest BCUT2D eigenvalue weighted by Crippen LogP contribution is -2.33. The number of hydrogen-bond donors (Lipinski definition) is 1. The molecule has 0 radical (unpaired) electrons. The minimum atomic E-state index is -0.186. The van der Waals surface area contributed by atoms with Crippen LogP contribution >= 0.6 is 0 Å². The van der Waals surface area contributed by atoms with E-state index in [4.69, 9.17) is 0 Å². The van der Waals surface area contributed by atoms with Gasteiger partial charge in [0.1, 0.15) is 12.4 Å². The van der Waals surface area contributed by atoms with Crippen molar-refractivity contribution in [3.05, 3.63) is 36.7 Å². The normalized spacial score (nSPS) is 12.6. The van der Waals surface area contributed by atoms with Crippen LogP contribution in [0.5, 0.6) is 0 Å². The van der Waals surface area contributed by atoms with E-state index in [0.29, 0.717) is 18.3 Å². The summed E-state index contributed by atoms with van der Waals surface area (Å²) in [5, 5.41) is 7.06. The van der Waals surface area contributed by atoms with Crippen molar-refractivity contribution in [1.29, 1.82) is 0 Å². The van der Waals surface area contributed by atoms with Crippen LogP contribution in [-0.4, -0.2) is 25.2 Å². The van der Waals surface area contributed by atoms with Gasteiger partial charge in [-0.3, -0.25) is 9.48 Å². The van der Waals surface area contributed by atoms with Crippen molar-refractivity contribution >= 4 is 5.91 Å². The van der Waals surface area contributed by atoms with Crippen LogP contribution in [0.1, 0.15) is 32.1 Å². The Balaban J connectivity index is 1.99. The molecular formula is C14H21N5O. The monoisotopic (exact) mass is 275 g/mol. The SMILES string of the molecule is CC(C)C[C@H](C(=O)NCc1ncn(C)n1)n1cccc1. The number of hydrogen-bond acceptors (Lipinski definition) is 3. The lowest BCUT2D eigenvalue weighted by atomic mass is 10.0. The molecule has 108 valence electrons. The number of nitrogens with zero attached hydrogens (tertiary/aromatic N) is 4. The van der Waals surface area contributed by atoms with E-state index < -0.39 is 0 Å². The van der Waals surface area contributed by atoms with E-state index >= 15 is 0 Å². The predicted octanol–water partition coefficient (Wildman–Crippen LogP) is 1.52. The summed E-state index contributed by atoms with van der Waals surface area (Å²) in [4.78, 5) is 16.5. The highest BCUT2D eigenvalue weighted by atomic mass is 16.2. The number of carbonyl (C=O) groups is 1. The molecule has 2 rings (SSSR count). The Labute approximate surface area is 118 Å². The number of carbonyl (C=O) groups excluding carboxylic acids is 1. The molecule has 0 aliphatic heterocycles. The molecular weight excluding hydrogens is 254 g/mol. The van der Waals surface area contributed by atoms with Gasteiger partial charge in [-0.05, 0) is 24.5 Å². The van der Waals surface area contributed by atoms with E-state index in [1.807, 2.05) is 29.1 Å². The van der Waals surface area contributed by atoms with Crippen LogP contribution in [0, 0.1) is 5.92 Å². The number of rotatable bonds is 6. The van der Waals surface area contributed by atoms with Gasteiger partial charge in [0.25, 0.3) is 0 Å². The summed E-state index contributed by atoms with van der Waals surface area (Å²) >= 11 is 0. The number of aromatic nitrogens is 4. The molecule has 0 saturated carbocycles. The fourth-order valence-electron chi connectivity index (χ4n) is 2.12. The molecule has 20 heavy (non-hydrogen) atoms. The molecule has 2 aromatic rings. The topological polar surface area (TPSA) is 64.7 Å². The van der Waals surface area contributed by atoms with Crippen molar-refractivity contribution in [3.63, 3.8) is 0 Å². The van der Waals surface area contributed by atoms with Gasteiger partial charge in [-0.2, -0.15) is 5.10 Å². The van der Waals surface area contributed by atoms with Crippen LogP contribution in [0.2, 0.25) is 0 Å². The summed E-state index contributed by atoms with van der Waals surface area (Å²) in [6.07, 6.45) is 6.27. The average Bonchev–Trinajstić information content (AvgIpc) is 3.04. The first-order valence-corrected chi connectivity index (χ1v) is 6.81. The van der Waals surface area contributed by atoms with Gasteiger partial charge in [-0.15, -0.1) is 0 Å². The summed E-state index contributed by atoms with van der Waals surface area (Å²) in [5.74, 6) is 1.07. The zero-order valence-corrected chi connectivity index (χ0v) is 12.2. The van der Waals surface area contributed by atoms with Crippen LogP contribution in [0.4, 0.5) is 0 Å². The van der Waals surface area contributed by atoms with Gasteiger partial charge in [0, 0.05) is 19.4 Å². The maximum Gasteiger partial charge on any atom is 0.243 e. The summed E-state index contributed by atoms with van der Waals surface area (Å²) in [5.41, 5.74) is 0. The molecule has 0 aromatic carbocycles. The third-order valence-corrected chi connectivity index (χ3v) is 3.05. The van der Waals surface area contributed by atoms with Gasteiger partial charge in [0.2, 0.25) is 5.91 Å². The smallest absolute Gasteiger partial charge is 0.243 e. The van der Waals surface area contributed by atoms with Crippen molar-refractivity contribution in [2.45, 2.75) is 32.9 Å². The maximum atomic E-state index is 12.4. The summed E-state index contributed by atoms with van der Waals surface area (Å²) < 4.78 is 3.57. The predicted molar refractivity (Wildman–Crippen MR) is 75.8 cm³/mol. The van der Waals surface area contributed by atoms with Gasteiger partial charge < -0.3 is 9.88 Å². The first-order chi connectivity index (χ1) is 9.56. The largest absolute Gasteiger partial charge is 0.347 e. The van der Waals surface area contributed by atoms with Crippen molar-refractivity contribution < 1.29 is 4.79 Å². The van der Waals surface area contributed by atoms with E-state index in [2.05, 4.69) is 29.2 Å². The Kier molecular flexibility index (Phi) is 4.55. The average molecular weight is 275 g/mol. The molecule has 2 heterocycles. The molecule has 1 N–H and O–H groups in total. The molecule has 1 amide bonds. The standard InChI is InChI=1S/C14H21N5O/c1-11(2)8-12(19-6-4-5-7-19)14(20)15-9-13-16-10-18(3)17-13/h4-7,10-12H,8-9H2,1-3H3,(H,15,20)/t12-/m1/s1. The van der Waals surface area contributed by atoms with Gasteiger partial charge in [-0.1, -0.05) is 13.8 Å². The van der Waals surface area contributed by atoms with E-state index in [9.17, 15) is 4.79 Å². The third-order valence-electron chi connectivity index (χ3n) is 3.05. The fourth-order valence-corrected chi connectivity index (χ4v) is 2.12. The molecule has 0 unspecified atom stereocenters. The second-order valence-electron chi connectivity index (χ2n) is 5.33. The maximum absolute atomic E-state index is 12.4. The number of amides is 1. The molecule has 0 bridgehead atoms. The molecule has 2 aromatic heterocycles. The second-order valence-corrected chi connectivity index (χ2v) is 5.33. The molecule has 0 aliphatic carbocycles. The lowest BCUT2D eigenvalue weighted by Gasteiger charge is -2.20. The van der Waals surface area contributed by atoms with Crippen molar-refractivity contribution in [2.24, 2.45) is 13.0 Å². The zero-order chi connectivity index (χ0) is 14.5. The van der Waals surface area contributed by atoms with Crippen molar-refractivity contribution in [3.8, 4) is 0 Å². The first-order valence-electron chi connectivity index (χ1n) is 6.81. The Bertz CT molecular complexity index is 544. The molecule has 0 spiro atoms. The van der Waals surface area contributed by atoms with E-state index in [1.54, 1.807) is 18.1 Å². The summed E-state index contributed by atoms with van der Waals surface area (Å²) in [7, 11) is 1.81. The minimum absolute atomic E-state index is 0.00218.